The average molecular weight is 807 g/mol. The highest BCUT2D eigenvalue weighted by Gasteiger charge is 2.37. The largest absolute Gasteiger partial charge is 0.309 e. The highest BCUT2D eigenvalue weighted by molar-refractivity contribution is 6.22. The van der Waals surface area contributed by atoms with Gasteiger partial charge >= 0.3 is 0 Å². The normalized spacial score (nSPS) is 13.7. The first-order chi connectivity index (χ1) is 30.9. The summed E-state index contributed by atoms with van der Waals surface area (Å²) in [6, 6.07) is 61.2. The molecule has 0 fully saturated rings. The topological polar surface area (TPSA) is 35.6 Å². The quantitative estimate of drug-likeness (QED) is 0.150. The van der Waals surface area contributed by atoms with Crippen molar-refractivity contribution in [2.75, 3.05) is 0 Å². The molecule has 0 atom stereocenters. The van der Waals surface area contributed by atoms with Gasteiger partial charge in [-0.1, -0.05) is 160 Å². The summed E-state index contributed by atoms with van der Waals surface area (Å²) in [6.07, 6.45) is 8.08. The highest BCUT2D eigenvalue weighted by atomic mass is 15.2. The molecule has 0 N–H and O–H groups in total. The number of para-hydroxylation sites is 1. The summed E-state index contributed by atoms with van der Waals surface area (Å²) in [5.74, 6) is 0.649. The number of hydrogen-bond donors (Lipinski definition) is 0. The van der Waals surface area contributed by atoms with Crippen LogP contribution in [0, 0.1) is 0 Å². The Morgan fingerprint density at radius 2 is 1.19 bits per heavy atom. The smallest absolute Gasteiger partial charge is 0.235 e. The minimum absolute atomic E-state index is 0.277. The van der Waals surface area contributed by atoms with E-state index in [9.17, 15) is 0 Å². The monoisotopic (exact) mass is 806 g/mol. The van der Waals surface area contributed by atoms with Crippen molar-refractivity contribution in [2.24, 2.45) is 0 Å². The van der Waals surface area contributed by atoms with Crippen LogP contribution in [0.25, 0.3) is 111 Å². The van der Waals surface area contributed by atoms with Gasteiger partial charge < -0.3 is 4.57 Å². The molecule has 0 saturated heterocycles. The summed E-state index contributed by atoms with van der Waals surface area (Å²) < 4.78 is 4.55. The minimum Gasteiger partial charge on any atom is -0.309 e. The minimum atomic E-state index is -0.277. The Hall–Kier alpha value is -8.08. The van der Waals surface area contributed by atoms with E-state index in [0.717, 1.165) is 66.4 Å². The molecule has 1 aliphatic carbocycles. The van der Waals surface area contributed by atoms with Crippen molar-refractivity contribution in [3.8, 4) is 28.3 Å². The van der Waals surface area contributed by atoms with Crippen LogP contribution in [0.4, 0.5) is 0 Å². The van der Waals surface area contributed by atoms with Gasteiger partial charge in [0.25, 0.3) is 0 Å². The summed E-state index contributed by atoms with van der Waals surface area (Å²) >= 11 is 0. The number of aromatic nitrogens is 4. The van der Waals surface area contributed by atoms with Gasteiger partial charge in [0.05, 0.1) is 33.3 Å². The van der Waals surface area contributed by atoms with Crippen molar-refractivity contribution < 1.29 is 0 Å². The van der Waals surface area contributed by atoms with Crippen LogP contribution >= 0.6 is 0 Å². The molecular weight excluding hydrogens is 765 g/mol. The predicted octanol–water partition coefficient (Wildman–Crippen LogP) is 15.4. The number of fused-ring (bicyclic) bond motifs is 11. The molecule has 1 aliphatic rings. The fourth-order valence-electron chi connectivity index (χ4n) is 10.4. The van der Waals surface area contributed by atoms with Crippen LogP contribution in [0.2, 0.25) is 0 Å². The molecule has 4 heteroatoms. The lowest BCUT2D eigenvalue weighted by molar-refractivity contribution is 0.710. The molecule has 0 bridgehead atoms. The Bertz CT molecular complexity index is 3780. The van der Waals surface area contributed by atoms with Crippen LogP contribution in [-0.4, -0.2) is 19.1 Å². The first-order valence-corrected chi connectivity index (χ1v) is 21.6. The molecule has 11 aromatic rings. The standard InChI is InChI=1S/C59H42N4/c1-5-17-43(6-2)62-50-25-16-15-24-45(50)46-34-40(28-31-51(46)62)41-29-32-52-47(35-41)54-44-23-14-13-18-37(44)27-33-53(54)63(52)58-60-49-30-26-42-36-48(38-19-9-7-10-20-38)59(3,4)56(42)55(49)57(61-58)39-21-11-8-12-22-39/h5-36H,1-2H2,3-4H3/b43-17+. The second kappa shape index (κ2) is 14.0. The Morgan fingerprint density at radius 1 is 0.540 bits per heavy atom. The Kier molecular flexibility index (Phi) is 8.16. The van der Waals surface area contributed by atoms with Crippen LogP contribution in [0.3, 0.4) is 0 Å². The van der Waals surface area contributed by atoms with Crippen LogP contribution in [0.5, 0.6) is 0 Å². The lowest BCUT2D eigenvalue weighted by Gasteiger charge is -2.27. The zero-order chi connectivity index (χ0) is 42.4. The van der Waals surface area contributed by atoms with Gasteiger partial charge in [-0.25, -0.2) is 9.97 Å². The second-order valence-electron chi connectivity index (χ2n) is 17.1. The van der Waals surface area contributed by atoms with Crippen molar-refractivity contribution >= 4 is 82.6 Å². The van der Waals surface area contributed by atoms with Crippen molar-refractivity contribution in [3.05, 3.63) is 218 Å². The van der Waals surface area contributed by atoms with Gasteiger partial charge in [0.15, 0.2) is 0 Å². The van der Waals surface area contributed by atoms with Gasteiger partial charge in [0.2, 0.25) is 5.95 Å². The third kappa shape index (κ3) is 5.48. The van der Waals surface area contributed by atoms with Crippen LogP contribution < -0.4 is 0 Å². The van der Waals surface area contributed by atoms with E-state index in [4.69, 9.17) is 9.97 Å². The summed E-state index contributed by atoms with van der Waals surface area (Å²) in [7, 11) is 0. The van der Waals surface area contributed by atoms with E-state index in [-0.39, 0.29) is 5.41 Å². The zero-order valence-corrected chi connectivity index (χ0v) is 35.2. The van der Waals surface area contributed by atoms with E-state index < -0.39 is 0 Å². The lowest BCUT2D eigenvalue weighted by Crippen LogP contribution is -2.18. The van der Waals surface area contributed by atoms with Crippen molar-refractivity contribution in [1.29, 1.82) is 0 Å². The van der Waals surface area contributed by atoms with E-state index in [1.165, 1.54) is 49.2 Å². The highest BCUT2D eigenvalue weighted by Crippen LogP contribution is 2.51. The van der Waals surface area contributed by atoms with Crippen molar-refractivity contribution in [1.82, 2.24) is 19.1 Å². The molecule has 3 heterocycles. The number of allylic oxidation sites excluding steroid dienone is 5. The van der Waals surface area contributed by atoms with E-state index in [0.29, 0.717) is 5.95 Å². The maximum absolute atomic E-state index is 5.62. The third-order valence-electron chi connectivity index (χ3n) is 13.2. The summed E-state index contributed by atoms with van der Waals surface area (Å²) in [6.45, 7) is 12.8. The van der Waals surface area contributed by atoms with E-state index in [1.807, 2.05) is 18.2 Å². The summed E-state index contributed by atoms with van der Waals surface area (Å²) in [5, 5.41) is 8.21. The van der Waals surface area contributed by atoms with Crippen LogP contribution in [-0.2, 0) is 5.41 Å². The maximum Gasteiger partial charge on any atom is 0.235 e. The first-order valence-electron chi connectivity index (χ1n) is 21.6. The predicted molar refractivity (Wildman–Crippen MR) is 267 cm³/mol. The van der Waals surface area contributed by atoms with E-state index in [1.54, 1.807) is 0 Å². The number of nitrogens with zero attached hydrogens (tertiary/aromatic N) is 4. The summed E-state index contributed by atoms with van der Waals surface area (Å²) in [5.41, 5.74) is 15.3. The van der Waals surface area contributed by atoms with Crippen molar-refractivity contribution in [3.63, 3.8) is 0 Å². The zero-order valence-electron chi connectivity index (χ0n) is 35.2. The van der Waals surface area contributed by atoms with Gasteiger partial charge in [-0.3, -0.25) is 4.57 Å². The molecule has 12 rings (SSSR count). The van der Waals surface area contributed by atoms with Gasteiger partial charge in [0, 0.05) is 43.6 Å². The van der Waals surface area contributed by atoms with Gasteiger partial charge in [-0.05, 0) is 105 Å². The molecule has 0 aliphatic heterocycles. The fraction of sp³-hybridized carbons (Fsp3) is 0.0508. The number of hydrogen-bond acceptors (Lipinski definition) is 2. The Balaban J connectivity index is 1.10. The maximum atomic E-state index is 5.62. The molecule has 4 nitrogen and oxygen atoms in total. The Labute approximate surface area is 365 Å². The number of rotatable bonds is 7. The molecule has 0 unspecified atom stereocenters. The van der Waals surface area contributed by atoms with Gasteiger partial charge in [-0.15, -0.1) is 0 Å². The molecular formula is C59H42N4. The van der Waals surface area contributed by atoms with Gasteiger partial charge in [0.1, 0.15) is 0 Å². The molecule has 0 amide bonds. The molecule has 298 valence electrons. The first kappa shape index (κ1) is 36.7. The second-order valence-corrected chi connectivity index (χ2v) is 17.1. The fourth-order valence-corrected chi connectivity index (χ4v) is 10.4. The molecule has 63 heavy (non-hydrogen) atoms. The molecule has 0 saturated carbocycles. The van der Waals surface area contributed by atoms with Gasteiger partial charge in [-0.2, -0.15) is 0 Å². The summed E-state index contributed by atoms with van der Waals surface area (Å²) in [4.78, 5) is 11.1. The SMILES string of the molecule is C=C/C=C(\C=C)n1c2ccccc2c2cc(-c3ccc4c(c3)c3c5ccccc5ccc3n4-c3nc(-c4ccccc4)c4c5c(ccc4n3)C=C(c3ccccc3)C5(C)C)ccc21. The Morgan fingerprint density at radius 3 is 1.95 bits per heavy atom. The molecule has 0 radical (unpaired) electrons. The lowest BCUT2D eigenvalue weighted by atomic mass is 9.76. The van der Waals surface area contributed by atoms with Crippen molar-refractivity contribution in [2.45, 2.75) is 19.3 Å². The molecule has 3 aromatic heterocycles. The average Bonchev–Trinajstić information content (AvgIpc) is 3.94. The van der Waals surface area contributed by atoms with E-state index in [2.05, 4.69) is 212 Å². The van der Waals surface area contributed by atoms with E-state index >= 15 is 0 Å². The molecule has 0 spiro atoms. The number of benzene rings is 8. The van der Waals surface area contributed by atoms with Crippen LogP contribution in [0.1, 0.15) is 30.5 Å². The molecule has 8 aromatic carbocycles. The third-order valence-corrected chi connectivity index (χ3v) is 13.2. The van der Waals surface area contributed by atoms with Crippen LogP contribution in [0.15, 0.2) is 201 Å².